The van der Waals surface area contributed by atoms with E-state index in [2.05, 4.69) is 22.0 Å². The van der Waals surface area contributed by atoms with Crippen molar-refractivity contribution in [1.82, 2.24) is 4.90 Å². The van der Waals surface area contributed by atoms with E-state index in [0.717, 1.165) is 22.1 Å². The maximum atomic E-state index is 13.3. The molecule has 1 saturated heterocycles. The Morgan fingerprint density at radius 2 is 2.18 bits per heavy atom. The highest BCUT2D eigenvalue weighted by molar-refractivity contribution is 9.10. The van der Waals surface area contributed by atoms with Crippen LogP contribution in [0.5, 0.6) is 0 Å². The monoisotopic (exact) mass is 303 g/mol. The van der Waals surface area contributed by atoms with Gasteiger partial charge in [-0.15, -0.1) is 0 Å². The van der Waals surface area contributed by atoms with Crippen LogP contribution in [0.15, 0.2) is 22.7 Å². The van der Waals surface area contributed by atoms with Crippen LogP contribution in [-0.2, 0) is 6.54 Å². The summed E-state index contributed by atoms with van der Waals surface area (Å²) in [5.41, 5.74) is 2.25. The second-order valence-corrected chi connectivity index (χ2v) is 5.62. The third kappa shape index (κ3) is 3.49. The standard InChI is InChI=1S/C13H16BrF2N/c1-10-3-4-12(14)11(7-10)8-17-6-2-5-13(15,16)9-17/h3-4,7H,2,5-6,8-9H2,1H3. The second-order valence-electron chi connectivity index (χ2n) is 4.77. The Labute approximate surface area is 109 Å². The topological polar surface area (TPSA) is 3.24 Å². The van der Waals surface area contributed by atoms with Crippen molar-refractivity contribution in [3.05, 3.63) is 33.8 Å². The van der Waals surface area contributed by atoms with Crippen molar-refractivity contribution < 1.29 is 8.78 Å². The Morgan fingerprint density at radius 3 is 2.88 bits per heavy atom. The third-order valence-corrected chi connectivity index (χ3v) is 3.84. The molecule has 1 aromatic rings. The first-order valence-electron chi connectivity index (χ1n) is 5.81. The highest BCUT2D eigenvalue weighted by atomic mass is 79.9. The number of aryl methyl sites for hydroxylation is 1. The molecule has 0 spiro atoms. The van der Waals surface area contributed by atoms with Crippen LogP contribution in [0, 0.1) is 6.92 Å². The zero-order chi connectivity index (χ0) is 12.5. The molecule has 0 unspecified atom stereocenters. The first-order valence-corrected chi connectivity index (χ1v) is 6.61. The van der Waals surface area contributed by atoms with Gasteiger partial charge in [0, 0.05) is 17.4 Å². The lowest BCUT2D eigenvalue weighted by atomic mass is 10.1. The number of benzene rings is 1. The summed E-state index contributed by atoms with van der Waals surface area (Å²) in [5, 5.41) is 0. The number of piperidine rings is 1. The van der Waals surface area contributed by atoms with Crippen LogP contribution in [0.25, 0.3) is 0 Å². The van der Waals surface area contributed by atoms with E-state index in [0.29, 0.717) is 13.0 Å². The second kappa shape index (κ2) is 5.02. The maximum Gasteiger partial charge on any atom is 0.260 e. The van der Waals surface area contributed by atoms with Crippen LogP contribution in [0.4, 0.5) is 8.78 Å². The average molecular weight is 304 g/mol. The number of halogens is 3. The summed E-state index contributed by atoms with van der Waals surface area (Å²) >= 11 is 3.47. The van der Waals surface area contributed by atoms with E-state index in [1.54, 1.807) is 0 Å². The number of nitrogens with zero attached hydrogens (tertiary/aromatic N) is 1. The molecule has 0 atom stereocenters. The molecule has 0 saturated carbocycles. The average Bonchev–Trinajstić information content (AvgIpc) is 2.22. The fraction of sp³-hybridized carbons (Fsp3) is 0.538. The third-order valence-electron chi connectivity index (χ3n) is 3.07. The smallest absolute Gasteiger partial charge is 0.260 e. The molecular formula is C13H16BrF2N. The summed E-state index contributed by atoms with van der Waals surface area (Å²) in [4.78, 5) is 1.84. The molecule has 1 nitrogen and oxygen atoms in total. The van der Waals surface area contributed by atoms with Crippen molar-refractivity contribution in [1.29, 1.82) is 0 Å². The zero-order valence-corrected chi connectivity index (χ0v) is 11.4. The van der Waals surface area contributed by atoms with Crippen LogP contribution in [0.1, 0.15) is 24.0 Å². The van der Waals surface area contributed by atoms with Gasteiger partial charge in [0.1, 0.15) is 0 Å². The summed E-state index contributed by atoms with van der Waals surface area (Å²) in [6.07, 6.45) is 0.606. The van der Waals surface area contributed by atoms with Gasteiger partial charge in [-0.05, 0) is 31.5 Å². The fourth-order valence-corrected chi connectivity index (χ4v) is 2.62. The molecular weight excluding hydrogens is 288 g/mol. The predicted molar refractivity (Wildman–Crippen MR) is 68.3 cm³/mol. The summed E-state index contributed by atoms with van der Waals surface area (Å²) < 4.78 is 27.6. The largest absolute Gasteiger partial charge is 0.293 e. The van der Waals surface area contributed by atoms with Crippen molar-refractivity contribution in [2.24, 2.45) is 0 Å². The molecule has 1 heterocycles. The number of hydrogen-bond donors (Lipinski definition) is 0. The van der Waals surface area contributed by atoms with Crippen LogP contribution in [-0.4, -0.2) is 23.9 Å². The Morgan fingerprint density at radius 1 is 1.41 bits per heavy atom. The van der Waals surface area contributed by atoms with Gasteiger partial charge < -0.3 is 0 Å². The molecule has 4 heteroatoms. The Balaban J connectivity index is 2.07. The molecule has 1 aromatic carbocycles. The molecule has 0 aromatic heterocycles. The minimum atomic E-state index is -2.52. The Hall–Kier alpha value is -0.480. The van der Waals surface area contributed by atoms with Crippen LogP contribution in [0.3, 0.4) is 0 Å². The molecule has 0 bridgehead atoms. The van der Waals surface area contributed by atoms with Crippen molar-refractivity contribution in [3.63, 3.8) is 0 Å². The SMILES string of the molecule is Cc1ccc(Br)c(CN2CCCC(F)(F)C2)c1. The van der Waals surface area contributed by atoms with Crippen LogP contribution in [0.2, 0.25) is 0 Å². The van der Waals surface area contributed by atoms with Crippen molar-refractivity contribution >= 4 is 15.9 Å². The number of likely N-dealkylation sites (tertiary alicyclic amines) is 1. The zero-order valence-electron chi connectivity index (χ0n) is 9.85. The lowest BCUT2D eigenvalue weighted by Gasteiger charge is -2.32. The van der Waals surface area contributed by atoms with Gasteiger partial charge in [0.2, 0.25) is 0 Å². The van der Waals surface area contributed by atoms with Gasteiger partial charge in [-0.3, -0.25) is 4.90 Å². The van der Waals surface area contributed by atoms with Gasteiger partial charge in [0.05, 0.1) is 6.54 Å². The van der Waals surface area contributed by atoms with Crippen molar-refractivity contribution in [3.8, 4) is 0 Å². The van der Waals surface area contributed by atoms with E-state index in [9.17, 15) is 8.78 Å². The minimum absolute atomic E-state index is 0.0263. The van der Waals surface area contributed by atoms with E-state index >= 15 is 0 Å². The van der Waals surface area contributed by atoms with E-state index in [4.69, 9.17) is 0 Å². The summed E-state index contributed by atoms with van der Waals surface area (Å²) in [7, 11) is 0. The molecule has 0 amide bonds. The van der Waals surface area contributed by atoms with Gasteiger partial charge in [-0.1, -0.05) is 33.6 Å². The van der Waals surface area contributed by atoms with Crippen LogP contribution >= 0.6 is 15.9 Å². The van der Waals surface area contributed by atoms with Gasteiger partial charge in [0.25, 0.3) is 5.92 Å². The molecule has 94 valence electrons. The summed E-state index contributed by atoms with van der Waals surface area (Å²) in [5.74, 6) is -2.52. The Bertz CT molecular complexity index is 406. The summed E-state index contributed by atoms with van der Waals surface area (Å²) in [6, 6.07) is 6.04. The molecule has 17 heavy (non-hydrogen) atoms. The normalized spacial score (nSPS) is 20.5. The maximum absolute atomic E-state index is 13.3. The molecule has 0 radical (unpaired) electrons. The van der Waals surface area contributed by atoms with Gasteiger partial charge in [0.15, 0.2) is 0 Å². The van der Waals surface area contributed by atoms with Gasteiger partial charge in [-0.25, -0.2) is 8.78 Å². The van der Waals surface area contributed by atoms with E-state index < -0.39 is 5.92 Å². The van der Waals surface area contributed by atoms with E-state index in [-0.39, 0.29) is 13.0 Å². The molecule has 0 N–H and O–H groups in total. The van der Waals surface area contributed by atoms with Gasteiger partial charge >= 0.3 is 0 Å². The van der Waals surface area contributed by atoms with E-state index in [1.165, 1.54) is 0 Å². The predicted octanol–water partition coefficient (Wildman–Crippen LogP) is 3.99. The number of alkyl halides is 2. The van der Waals surface area contributed by atoms with Gasteiger partial charge in [-0.2, -0.15) is 0 Å². The van der Waals surface area contributed by atoms with Crippen LogP contribution < -0.4 is 0 Å². The highest BCUT2D eigenvalue weighted by Gasteiger charge is 2.34. The first-order chi connectivity index (χ1) is 7.96. The van der Waals surface area contributed by atoms with E-state index in [1.807, 2.05) is 24.0 Å². The highest BCUT2D eigenvalue weighted by Crippen LogP contribution is 2.28. The fourth-order valence-electron chi connectivity index (χ4n) is 2.25. The lowest BCUT2D eigenvalue weighted by Crippen LogP contribution is -2.42. The lowest BCUT2D eigenvalue weighted by molar-refractivity contribution is -0.0661. The molecule has 1 fully saturated rings. The molecule has 0 aliphatic carbocycles. The first kappa shape index (κ1) is 13.0. The molecule has 2 rings (SSSR count). The quantitative estimate of drug-likeness (QED) is 0.798. The summed E-state index contributed by atoms with van der Waals surface area (Å²) in [6.45, 7) is 3.25. The van der Waals surface area contributed by atoms with Crippen molar-refractivity contribution in [2.75, 3.05) is 13.1 Å². The Kier molecular flexibility index (Phi) is 3.83. The molecule has 1 aliphatic heterocycles. The number of hydrogen-bond acceptors (Lipinski definition) is 1. The van der Waals surface area contributed by atoms with Crippen molar-refractivity contribution in [2.45, 2.75) is 32.2 Å². The number of rotatable bonds is 2. The minimum Gasteiger partial charge on any atom is -0.293 e. The molecule has 1 aliphatic rings.